The van der Waals surface area contributed by atoms with Gasteiger partial charge in [0.05, 0.1) is 11.4 Å². The largest absolute Gasteiger partial charge is 0.286 e. The van der Waals surface area contributed by atoms with Crippen LogP contribution in [0.15, 0.2) is 48.8 Å². The third kappa shape index (κ3) is 4.88. The van der Waals surface area contributed by atoms with E-state index in [1.165, 1.54) is 0 Å². The summed E-state index contributed by atoms with van der Waals surface area (Å²) >= 11 is 0. The van der Waals surface area contributed by atoms with E-state index in [1.807, 2.05) is 45.5 Å². The summed E-state index contributed by atoms with van der Waals surface area (Å²) in [6.07, 6.45) is 3.47. The zero-order valence-corrected chi connectivity index (χ0v) is 22.7. The highest BCUT2D eigenvalue weighted by atomic mass is 15.2. The average Bonchev–Trinajstić information content (AvgIpc) is 3.49. The maximum Gasteiger partial charge on any atom is 0.159 e. The molecule has 0 unspecified atom stereocenters. The molecule has 4 rings (SSSR count). The zero-order chi connectivity index (χ0) is 27.2. The van der Waals surface area contributed by atoms with Gasteiger partial charge >= 0.3 is 0 Å². The minimum absolute atomic E-state index is 0.268. The van der Waals surface area contributed by atoms with Crippen molar-refractivity contribution >= 4 is 0 Å². The van der Waals surface area contributed by atoms with E-state index in [4.69, 9.17) is 9.97 Å². The molecule has 0 amide bonds. The minimum Gasteiger partial charge on any atom is -0.286 e. The summed E-state index contributed by atoms with van der Waals surface area (Å²) in [6, 6.07) is 16.0. The van der Waals surface area contributed by atoms with Gasteiger partial charge in [-0.25, -0.2) is 19.9 Å². The highest BCUT2D eigenvalue weighted by molar-refractivity contribution is 5.40. The highest BCUT2D eigenvalue weighted by Gasteiger charge is 2.30. The highest BCUT2D eigenvalue weighted by Crippen LogP contribution is 2.32. The fourth-order valence-corrected chi connectivity index (χ4v) is 4.22. The van der Waals surface area contributed by atoms with E-state index in [9.17, 15) is 10.5 Å². The molecule has 0 saturated heterocycles. The lowest BCUT2D eigenvalue weighted by Crippen LogP contribution is -2.25. The van der Waals surface area contributed by atoms with Gasteiger partial charge in [0.1, 0.15) is 35.4 Å². The second kappa shape index (κ2) is 8.97. The van der Waals surface area contributed by atoms with Crippen molar-refractivity contribution in [2.75, 3.05) is 0 Å². The molecule has 8 nitrogen and oxygen atoms in total. The lowest BCUT2D eigenvalue weighted by Gasteiger charge is -2.26. The van der Waals surface area contributed by atoms with Gasteiger partial charge in [-0.1, -0.05) is 53.7 Å². The number of rotatable bonds is 4. The van der Waals surface area contributed by atoms with E-state index < -0.39 is 5.41 Å². The van der Waals surface area contributed by atoms with Crippen LogP contribution in [0.3, 0.4) is 0 Å². The molecule has 8 heteroatoms. The van der Waals surface area contributed by atoms with Crippen LogP contribution in [-0.2, 0) is 16.2 Å². The molecule has 188 valence electrons. The normalized spacial score (nSPS) is 12.3. The lowest BCUT2D eigenvalue weighted by molar-refractivity contribution is 0.530. The van der Waals surface area contributed by atoms with Crippen LogP contribution in [0.4, 0.5) is 0 Å². The third-order valence-corrected chi connectivity index (χ3v) is 6.23. The summed E-state index contributed by atoms with van der Waals surface area (Å²) in [7, 11) is 0. The smallest absolute Gasteiger partial charge is 0.159 e. The summed E-state index contributed by atoms with van der Waals surface area (Å²) in [5.74, 6) is 2.94. The molecule has 0 aliphatic heterocycles. The van der Waals surface area contributed by atoms with Gasteiger partial charge in [0.25, 0.3) is 0 Å². The van der Waals surface area contributed by atoms with E-state index in [0.717, 1.165) is 23.0 Å². The van der Waals surface area contributed by atoms with Gasteiger partial charge in [0.15, 0.2) is 11.4 Å². The van der Waals surface area contributed by atoms with Gasteiger partial charge in [0, 0.05) is 28.6 Å². The Morgan fingerprint density at radius 2 is 0.973 bits per heavy atom. The molecule has 4 aromatic rings. The van der Waals surface area contributed by atoms with Gasteiger partial charge in [-0.3, -0.25) is 9.13 Å². The Hall–Kier alpha value is -4.30. The fraction of sp³-hybridized carbons (Fsp3) is 0.379. The van der Waals surface area contributed by atoms with Crippen LogP contribution in [0.5, 0.6) is 0 Å². The van der Waals surface area contributed by atoms with Crippen molar-refractivity contribution in [2.45, 2.75) is 71.6 Å². The molecule has 0 aliphatic carbocycles. The monoisotopic (exact) mass is 492 g/mol. The van der Waals surface area contributed by atoms with E-state index in [-0.39, 0.29) is 10.8 Å². The lowest BCUT2D eigenvalue weighted by atomic mass is 9.84. The first-order valence-corrected chi connectivity index (χ1v) is 12.2. The predicted octanol–water partition coefficient (Wildman–Crippen LogP) is 5.51. The number of nitriles is 2. The SMILES string of the molecule is CC(C)(C)c1nc(C#N)cn1-c1cccc(C(C)(C)c2cccc(-n3cc(C#N)nc3C(C)(C)C)n2)n1. The van der Waals surface area contributed by atoms with E-state index >= 15 is 0 Å². The van der Waals surface area contributed by atoms with E-state index in [1.54, 1.807) is 12.4 Å². The molecule has 4 heterocycles. The van der Waals surface area contributed by atoms with E-state index in [0.29, 0.717) is 23.0 Å². The minimum atomic E-state index is -0.535. The first-order valence-electron chi connectivity index (χ1n) is 12.2. The topological polar surface area (TPSA) is 109 Å². The zero-order valence-electron chi connectivity index (χ0n) is 22.7. The second-order valence-corrected chi connectivity index (χ2v) is 11.8. The Bertz CT molecular complexity index is 1430. The van der Waals surface area contributed by atoms with E-state index in [2.05, 4.69) is 77.5 Å². The summed E-state index contributed by atoms with van der Waals surface area (Å²) < 4.78 is 3.79. The summed E-state index contributed by atoms with van der Waals surface area (Å²) in [5, 5.41) is 18.9. The Morgan fingerprint density at radius 3 is 1.30 bits per heavy atom. The molecule has 0 bridgehead atoms. The van der Waals surface area contributed by atoms with Crippen LogP contribution in [0.2, 0.25) is 0 Å². The molecule has 4 aromatic heterocycles. The van der Waals surface area contributed by atoms with Crippen molar-refractivity contribution in [3.63, 3.8) is 0 Å². The molecule has 0 fully saturated rings. The molecule has 0 saturated carbocycles. The molecule has 37 heavy (non-hydrogen) atoms. The standard InChI is InChI=1S/C29H32N8/c1-27(2,3)25-32-19(15-30)17-36(25)23-13-9-11-21(34-23)29(7,8)22-12-10-14-24(35-22)37-18-20(16-31)33-26(37)28(4,5)6/h9-14,17-18H,1-8H3. The molecule has 0 radical (unpaired) electrons. The number of nitrogens with zero attached hydrogens (tertiary/aromatic N) is 8. The van der Waals surface area contributed by atoms with Crippen molar-refractivity contribution in [3.05, 3.63) is 83.2 Å². The number of hydrogen-bond acceptors (Lipinski definition) is 6. The molecular formula is C29H32N8. The fourth-order valence-electron chi connectivity index (χ4n) is 4.22. The Kier molecular flexibility index (Phi) is 6.25. The number of hydrogen-bond donors (Lipinski definition) is 0. The number of aromatic nitrogens is 6. The first kappa shape index (κ1) is 25.8. The summed E-state index contributed by atoms with van der Waals surface area (Å²) in [4.78, 5) is 19.1. The average molecular weight is 493 g/mol. The maximum atomic E-state index is 9.45. The Balaban J connectivity index is 1.80. The molecule has 0 atom stereocenters. The molecule has 0 N–H and O–H groups in total. The van der Waals surface area contributed by atoms with Crippen molar-refractivity contribution in [1.29, 1.82) is 10.5 Å². The van der Waals surface area contributed by atoms with Crippen molar-refractivity contribution in [2.24, 2.45) is 0 Å². The van der Waals surface area contributed by atoms with Gasteiger partial charge in [-0.15, -0.1) is 0 Å². The number of imidazole rings is 2. The first-order chi connectivity index (χ1) is 17.3. The van der Waals surface area contributed by atoms with Crippen LogP contribution in [0, 0.1) is 22.7 Å². The number of pyridine rings is 2. The van der Waals surface area contributed by atoms with Crippen molar-refractivity contribution in [3.8, 4) is 23.8 Å². The van der Waals surface area contributed by atoms with Gasteiger partial charge in [0.2, 0.25) is 0 Å². The second-order valence-electron chi connectivity index (χ2n) is 11.8. The molecular weight excluding hydrogens is 460 g/mol. The van der Waals surface area contributed by atoms with Crippen molar-refractivity contribution in [1.82, 2.24) is 29.1 Å². The van der Waals surface area contributed by atoms with Crippen LogP contribution < -0.4 is 0 Å². The summed E-state index contributed by atoms with van der Waals surface area (Å²) in [5.41, 5.74) is 1.32. The van der Waals surface area contributed by atoms with Gasteiger partial charge in [-0.2, -0.15) is 10.5 Å². The molecule has 0 aromatic carbocycles. The van der Waals surface area contributed by atoms with Crippen LogP contribution in [-0.4, -0.2) is 29.1 Å². The molecule has 0 aliphatic rings. The third-order valence-electron chi connectivity index (χ3n) is 6.23. The van der Waals surface area contributed by atoms with Gasteiger partial charge < -0.3 is 0 Å². The quantitative estimate of drug-likeness (QED) is 0.371. The Labute approximate surface area is 218 Å². The Morgan fingerprint density at radius 1 is 0.595 bits per heavy atom. The van der Waals surface area contributed by atoms with Crippen LogP contribution in [0.1, 0.15) is 89.8 Å². The molecule has 0 spiro atoms. The summed E-state index contributed by atoms with van der Waals surface area (Å²) in [6.45, 7) is 16.6. The van der Waals surface area contributed by atoms with Crippen LogP contribution in [0.25, 0.3) is 11.6 Å². The van der Waals surface area contributed by atoms with Crippen molar-refractivity contribution < 1.29 is 0 Å². The maximum absolute atomic E-state index is 9.45. The predicted molar refractivity (Wildman–Crippen MR) is 142 cm³/mol. The van der Waals surface area contributed by atoms with Crippen LogP contribution >= 0.6 is 0 Å². The van der Waals surface area contributed by atoms with Gasteiger partial charge in [-0.05, 0) is 38.1 Å².